The van der Waals surface area contributed by atoms with Crippen molar-refractivity contribution in [2.45, 2.75) is 105 Å². The van der Waals surface area contributed by atoms with Crippen molar-refractivity contribution in [1.82, 2.24) is 9.13 Å². The molecule has 0 saturated carbocycles. The van der Waals surface area contributed by atoms with Gasteiger partial charge in [-0.1, -0.05) is 107 Å². The number of carbonyl (C=O) groups excluding carboxylic acids is 2. The maximum Gasteiger partial charge on any atom is 0.338 e. The molecule has 0 aliphatic rings. The van der Waals surface area contributed by atoms with Crippen molar-refractivity contribution in [1.29, 1.82) is 0 Å². The highest BCUT2D eigenvalue weighted by atomic mass is 16.5. The number of fused-ring (bicyclic) bond motifs is 6. The van der Waals surface area contributed by atoms with E-state index in [1.54, 1.807) is 0 Å². The molecule has 7 aromatic rings. The molecule has 0 aliphatic carbocycles. The molecule has 0 fully saturated rings. The van der Waals surface area contributed by atoms with E-state index >= 15 is 0 Å². The molecule has 0 atom stereocenters. The number of nitrogens with zero attached hydrogens (tertiary/aromatic N) is 2. The first-order valence-corrected chi connectivity index (χ1v) is 19.0. The summed E-state index contributed by atoms with van der Waals surface area (Å²) in [5, 5.41) is 4.57. The van der Waals surface area contributed by atoms with Gasteiger partial charge in [-0.2, -0.15) is 0 Å². The Morgan fingerprint density at radius 3 is 1.04 bits per heavy atom. The normalized spacial score (nSPS) is 13.1. The van der Waals surface area contributed by atoms with Crippen LogP contribution in [-0.4, -0.2) is 28.5 Å². The van der Waals surface area contributed by atoms with Crippen molar-refractivity contribution in [3.63, 3.8) is 0 Å². The molecule has 0 spiro atoms. The lowest BCUT2D eigenvalue weighted by atomic mass is 9.85. The summed E-state index contributed by atoms with van der Waals surface area (Å²) < 4.78 is 9.82. The Bertz CT molecular complexity index is 2510. The molecule has 0 amide bonds. The van der Waals surface area contributed by atoms with Gasteiger partial charge in [-0.05, 0) is 105 Å². The van der Waals surface area contributed by atoms with Crippen LogP contribution in [0, 0.1) is 0 Å². The van der Waals surface area contributed by atoms with E-state index in [-0.39, 0.29) is 32.8 Å². The minimum Gasteiger partial charge on any atom is -0.465 e. The molecule has 2 heterocycles. The summed E-state index contributed by atoms with van der Waals surface area (Å²) in [5.41, 5.74) is 10.9. The Kier molecular flexibility index (Phi) is 8.57. The Morgan fingerprint density at radius 1 is 0.481 bits per heavy atom. The molecular weight excluding hydrogens is 665 g/mol. The first-order chi connectivity index (χ1) is 25.1. The van der Waals surface area contributed by atoms with Gasteiger partial charge in [0.25, 0.3) is 0 Å². The first-order valence-electron chi connectivity index (χ1n) is 19.0. The van der Waals surface area contributed by atoms with Crippen molar-refractivity contribution in [2.24, 2.45) is 0 Å². The number of hydrogen-bond acceptors (Lipinski definition) is 3. The SMILES string of the molecule is COC(=O)c1cc(-n2c3ccc(C(C)(C)C)cc3c3cc(C(C)(C)C)ccc32)c(-n2c3ccc(C(C)(C)C)cc3c3cc(C(C)(C)C)ccc32)cc1C=O. The second kappa shape index (κ2) is 12.4. The van der Waals surface area contributed by atoms with E-state index in [1.165, 1.54) is 29.4 Å². The van der Waals surface area contributed by atoms with Gasteiger partial charge < -0.3 is 13.9 Å². The molecule has 2 aromatic heterocycles. The predicted octanol–water partition coefficient (Wildman–Crippen LogP) is 12.7. The zero-order chi connectivity index (χ0) is 39.3. The first kappa shape index (κ1) is 37.2. The van der Waals surface area contributed by atoms with Crippen LogP contribution in [0.25, 0.3) is 55.0 Å². The fraction of sp³-hybridized carbons (Fsp3) is 0.347. The number of aldehydes is 1. The third kappa shape index (κ3) is 6.12. The van der Waals surface area contributed by atoms with Gasteiger partial charge in [-0.15, -0.1) is 0 Å². The largest absolute Gasteiger partial charge is 0.465 e. The van der Waals surface area contributed by atoms with Crippen LogP contribution in [0.2, 0.25) is 0 Å². The summed E-state index contributed by atoms with van der Waals surface area (Å²) in [4.78, 5) is 26.3. The van der Waals surface area contributed by atoms with Crippen molar-refractivity contribution in [3.05, 3.63) is 118 Å². The Morgan fingerprint density at radius 2 is 0.778 bits per heavy atom. The van der Waals surface area contributed by atoms with E-state index in [1.807, 2.05) is 12.1 Å². The highest BCUT2D eigenvalue weighted by Gasteiger charge is 2.27. The van der Waals surface area contributed by atoms with Gasteiger partial charge in [-0.3, -0.25) is 4.79 Å². The maximum absolute atomic E-state index is 13.4. The number of carbonyl (C=O) groups is 2. The minimum atomic E-state index is -0.553. The average Bonchev–Trinajstić information content (AvgIpc) is 3.60. The summed E-state index contributed by atoms with van der Waals surface area (Å²) in [5.74, 6) is -0.553. The lowest BCUT2D eigenvalue weighted by molar-refractivity contribution is 0.0598. The minimum absolute atomic E-state index is 0.0525. The van der Waals surface area contributed by atoms with Crippen molar-refractivity contribution in [3.8, 4) is 11.4 Å². The summed E-state index contributed by atoms with van der Waals surface area (Å²) in [6.45, 7) is 26.9. The second-order valence-corrected chi connectivity index (χ2v) is 19.1. The maximum atomic E-state index is 13.4. The molecular formula is C49H54N2O3. The van der Waals surface area contributed by atoms with Crippen LogP contribution in [-0.2, 0) is 26.4 Å². The average molecular weight is 719 g/mol. The predicted molar refractivity (Wildman–Crippen MR) is 227 cm³/mol. The standard InChI is InChI=1S/C49H54N2O3/c1-46(2,3)30-14-18-39-35(23-30)36-24-31(47(4,5)6)15-19-40(36)50(39)43-22-29(28-52)34(45(53)54-13)27-44(43)51-41-20-16-32(48(7,8)9)25-37(41)38-26-33(49(10,11)12)17-21-42(38)51/h14-28H,1-13H3. The van der Waals surface area contributed by atoms with Crippen molar-refractivity contribution < 1.29 is 14.3 Å². The summed E-state index contributed by atoms with van der Waals surface area (Å²) in [6.07, 6.45) is 0.764. The second-order valence-electron chi connectivity index (χ2n) is 19.1. The van der Waals surface area contributed by atoms with Crippen LogP contribution in [0.5, 0.6) is 0 Å². The summed E-state index contributed by atoms with van der Waals surface area (Å²) in [6, 6.07) is 30.7. The summed E-state index contributed by atoms with van der Waals surface area (Å²) in [7, 11) is 1.36. The third-order valence-corrected chi connectivity index (χ3v) is 11.2. The molecule has 5 heteroatoms. The van der Waals surface area contributed by atoms with Gasteiger partial charge >= 0.3 is 5.97 Å². The molecule has 0 saturated heterocycles. The molecule has 54 heavy (non-hydrogen) atoms. The number of esters is 1. The molecule has 0 radical (unpaired) electrons. The molecule has 5 aromatic carbocycles. The topological polar surface area (TPSA) is 53.2 Å². The van der Waals surface area contributed by atoms with Gasteiger partial charge in [-0.25, -0.2) is 4.79 Å². The van der Waals surface area contributed by atoms with Crippen LogP contribution >= 0.6 is 0 Å². The lowest BCUT2D eigenvalue weighted by Crippen LogP contribution is -2.12. The summed E-state index contributed by atoms with van der Waals surface area (Å²) >= 11 is 0. The van der Waals surface area contributed by atoms with Gasteiger partial charge in [0.05, 0.1) is 46.1 Å². The highest BCUT2D eigenvalue weighted by Crippen LogP contribution is 2.43. The van der Waals surface area contributed by atoms with E-state index in [2.05, 4.69) is 165 Å². The van der Waals surface area contributed by atoms with Crippen LogP contribution < -0.4 is 0 Å². The van der Waals surface area contributed by atoms with Crippen molar-refractivity contribution in [2.75, 3.05) is 7.11 Å². The number of aromatic nitrogens is 2. The fourth-order valence-electron chi connectivity index (χ4n) is 7.77. The monoisotopic (exact) mass is 718 g/mol. The van der Waals surface area contributed by atoms with E-state index < -0.39 is 5.97 Å². The molecule has 5 nitrogen and oxygen atoms in total. The molecule has 0 aliphatic heterocycles. The molecule has 0 unspecified atom stereocenters. The smallest absolute Gasteiger partial charge is 0.338 e. The highest BCUT2D eigenvalue weighted by molar-refractivity contribution is 6.13. The molecule has 7 rings (SSSR count). The van der Waals surface area contributed by atoms with Crippen LogP contribution in [0.3, 0.4) is 0 Å². The Labute approximate surface area is 319 Å². The van der Waals surface area contributed by atoms with Crippen LogP contribution in [0.15, 0.2) is 84.9 Å². The van der Waals surface area contributed by atoms with E-state index in [0.29, 0.717) is 0 Å². The van der Waals surface area contributed by atoms with E-state index in [4.69, 9.17) is 4.74 Å². The van der Waals surface area contributed by atoms with E-state index in [0.717, 1.165) is 61.3 Å². The van der Waals surface area contributed by atoms with Crippen molar-refractivity contribution >= 4 is 55.9 Å². The van der Waals surface area contributed by atoms with E-state index in [9.17, 15) is 9.59 Å². The third-order valence-electron chi connectivity index (χ3n) is 11.2. The molecule has 0 N–H and O–H groups in total. The fourth-order valence-corrected chi connectivity index (χ4v) is 7.77. The number of hydrogen-bond donors (Lipinski definition) is 0. The van der Waals surface area contributed by atoms with Crippen LogP contribution in [0.1, 0.15) is 126 Å². The quantitative estimate of drug-likeness (QED) is 0.134. The lowest BCUT2D eigenvalue weighted by Gasteiger charge is -2.21. The number of methoxy groups -OCH3 is 1. The van der Waals surface area contributed by atoms with Gasteiger partial charge in [0.15, 0.2) is 6.29 Å². The number of benzene rings is 5. The Hall–Kier alpha value is -5.16. The molecule has 0 bridgehead atoms. The zero-order valence-corrected chi connectivity index (χ0v) is 34.3. The van der Waals surface area contributed by atoms with Gasteiger partial charge in [0.2, 0.25) is 0 Å². The number of ether oxygens (including phenoxy) is 1. The number of rotatable bonds is 4. The van der Waals surface area contributed by atoms with Gasteiger partial charge in [0.1, 0.15) is 0 Å². The zero-order valence-electron chi connectivity index (χ0n) is 34.3. The van der Waals surface area contributed by atoms with Crippen LogP contribution in [0.4, 0.5) is 0 Å². The van der Waals surface area contributed by atoms with Gasteiger partial charge in [0, 0.05) is 27.1 Å². The Balaban J connectivity index is 1.69. The molecule has 278 valence electrons.